The SMILES string of the molecule is CC.CC.CC.CC.O=C(O)C1C=CCCC1C(=O)O.O=C(O)C1CC=CCC1C(=O)O.O=C1OC(=O)C2CC=CCC12.O=C1OC(=O)C2CCC=CC12.[Y].[Y].[Y].[Y]. The van der Waals surface area contributed by atoms with Crippen molar-refractivity contribution in [3.63, 3.8) is 0 Å². The molecule has 0 amide bonds. The molecule has 316 valence electrons. The van der Waals surface area contributed by atoms with Gasteiger partial charge >= 0.3 is 47.8 Å². The third-order valence-electron chi connectivity index (χ3n) is 8.53. The zero-order chi connectivity index (χ0) is 42.0. The van der Waals surface area contributed by atoms with E-state index >= 15 is 0 Å². The topological polar surface area (TPSA) is 236 Å². The maximum Gasteiger partial charge on any atom is 0.321 e. The van der Waals surface area contributed by atoms with Crippen LogP contribution in [0.3, 0.4) is 0 Å². The third-order valence-corrected chi connectivity index (χ3v) is 8.53. The van der Waals surface area contributed by atoms with Gasteiger partial charge in [-0.25, -0.2) is 0 Å². The Balaban J connectivity index is -0.000000143. The van der Waals surface area contributed by atoms with Crippen LogP contribution in [0.1, 0.15) is 107 Å². The van der Waals surface area contributed by atoms with Gasteiger partial charge in [0.25, 0.3) is 0 Å². The summed E-state index contributed by atoms with van der Waals surface area (Å²) in [6, 6.07) is 0. The van der Waals surface area contributed by atoms with Crippen LogP contribution >= 0.6 is 0 Å². The largest absolute Gasteiger partial charge is 0.481 e. The predicted octanol–water partition coefficient (Wildman–Crippen LogP) is 6.88. The molecule has 8 unspecified atom stereocenters. The monoisotopic (exact) mass is 1120 g/mol. The number of esters is 4. The van der Waals surface area contributed by atoms with Crippen molar-refractivity contribution in [2.45, 2.75) is 107 Å². The Morgan fingerprint density at radius 1 is 0.448 bits per heavy atom. The number of carbonyl (C=O) groups is 8. The standard InChI is InChI=1S/2C8H10O4.2C8H8O3.4C2H6.4Y/c2*9-7(10)5-3-1-2-4-6(5)8(11)12;2*9-7-5-3-1-2-4-6(5)8(10)11-7;4*1-2;;;;/h1,3,5-6H,2,4H2,(H,9,10)(H,11,12);1-2,5-6H,3-4H2,(H,9,10)(H,11,12);1,3,5-6H,2,4H2;1-2,5-6H,3-4H2;4*1-2H3;;;;. The number of allylic oxidation sites excluding steroid dienone is 6. The quantitative estimate of drug-likeness (QED) is 0.128. The van der Waals surface area contributed by atoms with E-state index in [0.29, 0.717) is 38.5 Å². The first-order valence-corrected chi connectivity index (χ1v) is 18.9. The van der Waals surface area contributed by atoms with Crippen molar-refractivity contribution < 1.29 is 199 Å². The number of hydrogen-bond acceptors (Lipinski definition) is 10. The van der Waals surface area contributed by atoms with Crippen LogP contribution in [0.2, 0.25) is 0 Å². The third kappa shape index (κ3) is 23.7. The van der Waals surface area contributed by atoms with Crippen molar-refractivity contribution in [3.8, 4) is 0 Å². The summed E-state index contributed by atoms with van der Waals surface area (Å²) in [5.74, 6) is -9.50. The number of aliphatic carboxylic acids is 4. The minimum Gasteiger partial charge on any atom is -0.481 e. The zero-order valence-electron chi connectivity index (χ0n) is 35.1. The molecule has 6 rings (SSSR count). The molecule has 2 saturated heterocycles. The van der Waals surface area contributed by atoms with Crippen LogP contribution in [0.4, 0.5) is 0 Å². The second kappa shape index (κ2) is 40.6. The van der Waals surface area contributed by atoms with E-state index < -0.39 is 47.5 Å². The van der Waals surface area contributed by atoms with Gasteiger partial charge in [0, 0.05) is 131 Å². The first kappa shape index (κ1) is 69.2. The Morgan fingerprint density at radius 2 is 0.793 bits per heavy atom. The molecule has 18 heteroatoms. The second-order valence-electron chi connectivity index (χ2n) is 11.4. The summed E-state index contributed by atoms with van der Waals surface area (Å²) in [5.41, 5.74) is 0. The fourth-order valence-corrected chi connectivity index (χ4v) is 5.89. The minimum absolute atomic E-state index is 0. The van der Waals surface area contributed by atoms with E-state index in [4.69, 9.17) is 20.4 Å². The van der Waals surface area contributed by atoms with Crippen LogP contribution in [0.25, 0.3) is 0 Å². The van der Waals surface area contributed by atoms with Crippen LogP contribution in [0, 0.1) is 47.3 Å². The van der Waals surface area contributed by atoms with E-state index in [1.807, 2.05) is 73.6 Å². The molecule has 4 aliphatic carbocycles. The summed E-state index contributed by atoms with van der Waals surface area (Å²) in [6.45, 7) is 16.0. The predicted molar refractivity (Wildman–Crippen MR) is 200 cm³/mol. The van der Waals surface area contributed by atoms with Gasteiger partial charge in [0.2, 0.25) is 0 Å². The molecule has 0 aromatic carbocycles. The molecule has 0 spiro atoms. The summed E-state index contributed by atoms with van der Waals surface area (Å²) in [6.07, 6.45) is 18.9. The summed E-state index contributed by atoms with van der Waals surface area (Å²) in [7, 11) is 0. The summed E-state index contributed by atoms with van der Waals surface area (Å²) in [4.78, 5) is 86.0. The van der Waals surface area contributed by atoms with Crippen LogP contribution in [0.15, 0.2) is 48.6 Å². The molecule has 0 saturated carbocycles. The van der Waals surface area contributed by atoms with Crippen molar-refractivity contribution in [1.82, 2.24) is 0 Å². The van der Waals surface area contributed by atoms with Gasteiger partial charge in [0.1, 0.15) is 0 Å². The Labute approximate surface area is 443 Å². The number of ether oxygens (including phenoxy) is 2. The van der Waals surface area contributed by atoms with Gasteiger partial charge in [-0.3, -0.25) is 38.4 Å². The van der Waals surface area contributed by atoms with E-state index in [-0.39, 0.29) is 178 Å². The van der Waals surface area contributed by atoms with Crippen LogP contribution < -0.4 is 0 Å². The van der Waals surface area contributed by atoms with Crippen molar-refractivity contribution in [2.24, 2.45) is 47.3 Å². The van der Waals surface area contributed by atoms with Crippen LogP contribution in [-0.2, 0) is 179 Å². The van der Waals surface area contributed by atoms with Crippen LogP contribution in [0.5, 0.6) is 0 Å². The molecule has 14 nitrogen and oxygen atoms in total. The van der Waals surface area contributed by atoms with Crippen molar-refractivity contribution in [1.29, 1.82) is 0 Å². The molecule has 58 heavy (non-hydrogen) atoms. The average molecular weight is 1120 g/mol. The first-order chi connectivity index (χ1) is 25.8. The summed E-state index contributed by atoms with van der Waals surface area (Å²) < 4.78 is 8.97. The molecule has 0 aromatic heterocycles. The van der Waals surface area contributed by atoms with E-state index in [1.54, 1.807) is 24.3 Å². The smallest absolute Gasteiger partial charge is 0.321 e. The van der Waals surface area contributed by atoms with Gasteiger partial charge in [0.15, 0.2) is 0 Å². The van der Waals surface area contributed by atoms with Gasteiger partial charge < -0.3 is 29.9 Å². The number of rotatable bonds is 4. The first-order valence-electron chi connectivity index (χ1n) is 18.9. The van der Waals surface area contributed by atoms with E-state index in [1.165, 1.54) is 6.08 Å². The van der Waals surface area contributed by atoms with E-state index in [9.17, 15) is 38.4 Å². The van der Waals surface area contributed by atoms with Gasteiger partial charge in [-0.05, 0) is 51.4 Å². The molecule has 2 fully saturated rings. The molecule has 2 heterocycles. The van der Waals surface area contributed by atoms with Gasteiger partial charge in [-0.15, -0.1) is 0 Å². The number of carboxylic acids is 4. The van der Waals surface area contributed by atoms with Gasteiger partial charge in [0.05, 0.1) is 47.3 Å². The molecule has 0 bridgehead atoms. The molecule has 6 aliphatic rings. The summed E-state index contributed by atoms with van der Waals surface area (Å²) in [5, 5.41) is 34.6. The van der Waals surface area contributed by atoms with Gasteiger partial charge in [-0.1, -0.05) is 104 Å². The molecule has 8 atom stereocenters. The molecular weight excluding hydrogens is 1060 g/mol. The maximum absolute atomic E-state index is 10.9. The Kier molecular flexibility index (Phi) is 48.5. The molecule has 0 aromatic rings. The molecule has 4 radical (unpaired) electrons. The average Bonchev–Trinajstić information content (AvgIpc) is 3.67. The number of carbonyl (C=O) groups excluding carboxylic acids is 4. The fraction of sp³-hybridized carbons (Fsp3) is 0.600. The fourth-order valence-electron chi connectivity index (χ4n) is 5.89. The Bertz CT molecular complexity index is 1310. The number of carboxylic acid groups (broad SMARTS) is 4. The molecular formula is C40H60O14Y4. The van der Waals surface area contributed by atoms with E-state index in [0.717, 1.165) is 12.8 Å². The molecule has 4 N–H and O–H groups in total. The summed E-state index contributed by atoms with van der Waals surface area (Å²) >= 11 is 0. The van der Waals surface area contributed by atoms with Crippen molar-refractivity contribution >= 4 is 47.8 Å². The van der Waals surface area contributed by atoms with Crippen molar-refractivity contribution in [2.75, 3.05) is 0 Å². The number of cyclic esters (lactones) is 4. The minimum atomic E-state index is -1.06. The Morgan fingerprint density at radius 3 is 1.16 bits per heavy atom. The maximum atomic E-state index is 10.9. The molecule has 2 aliphatic heterocycles. The van der Waals surface area contributed by atoms with E-state index in [2.05, 4.69) is 9.47 Å². The van der Waals surface area contributed by atoms with Crippen LogP contribution in [-0.4, -0.2) is 68.2 Å². The zero-order valence-corrected chi connectivity index (χ0v) is 46.4. The number of fused-ring (bicyclic) bond motifs is 2. The second-order valence-corrected chi connectivity index (χ2v) is 11.4. The normalized spacial score (nSPS) is 25.5. The Hall–Kier alpha value is -0.464. The van der Waals surface area contributed by atoms with Gasteiger partial charge in [-0.2, -0.15) is 0 Å². The van der Waals surface area contributed by atoms with Crippen molar-refractivity contribution in [3.05, 3.63) is 48.6 Å². The number of hydrogen-bond donors (Lipinski definition) is 4.